The summed E-state index contributed by atoms with van der Waals surface area (Å²) in [7, 11) is 0. The van der Waals surface area contributed by atoms with Crippen LogP contribution in [0.4, 0.5) is 0 Å². The molecule has 0 aliphatic heterocycles. The molecule has 0 unspecified atom stereocenters. The van der Waals surface area contributed by atoms with Gasteiger partial charge in [0.25, 0.3) is 0 Å². The Morgan fingerprint density at radius 3 is 1.95 bits per heavy atom. The predicted octanol–water partition coefficient (Wildman–Crippen LogP) is 5.69. The summed E-state index contributed by atoms with van der Waals surface area (Å²) in [5.74, 6) is 0.983. The van der Waals surface area contributed by atoms with Crippen molar-refractivity contribution in [2.45, 2.75) is 96.8 Å². The second-order valence-corrected chi connectivity index (χ2v) is 6.54. The van der Waals surface area contributed by atoms with Crippen molar-refractivity contribution >= 4 is 0 Å². The molecule has 1 rings (SSSR count). The van der Waals surface area contributed by atoms with Crippen LogP contribution in [0.2, 0.25) is 0 Å². The molecule has 0 aromatic heterocycles. The van der Waals surface area contributed by atoms with Gasteiger partial charge in [-0.3, -0.25) is 0 Å². The Bertz CT molecular complexity index is 171. The van der Waals surface area contributed by atoms with Gasteiger partial charge in [0.1, 0.15) is 0 Å². The zero-order valence-corrected chi connectivity index (χ0v) is 13.4. The Morgan fingerprint density at radius 2 is 1.32 bits per heavy atom. The van der Waals surface area contributed by atoms with Crippen LogP contribution in [0.3, 0.4) is 0 Å². The van der Waals surface area contributed by atoms with Crippen LogP contribution < -0.4 is 5.32 Å². The van der Waals surface area contributed by atoms with Crippen LogP contribution in [-0.4, -0.2) is 13.1 Å². The fraction of sp³-hybridized carbons (Fsp3) is 1.00. The Hall–Kier alpha value is -0.0400. The number of nitrogens with one attached hydrogen (secondary N) is 1. The lowest BCUT2D eigenvalue weighted by molar-refractivity contribution is 0.421. The molecule has 0 atom stereocenters. The van der Waals surface area contributed by atoms with Crippen molar-refractivity contribution in [1.29, 1.82) is 0 Å². The molecule has 1 aliphatic rings. The molecule has 0 spiro atoms. The maximum absolute atomic E-state index is 3.69. The van der Waals surface area contributed by atoms with Crippen LogP contribution >= 0.6 is 0 Å². The smallest absolute Gasteiger partial charge is 0.00205 e. The summed E-state index contributed by atoms with van der Waals surface area (Å²) in [5, 5.41) is 3.69. The molecule has 0 aromatic carbocycles. The second kappa shape index (κ2) is 13.0. The Morgan fingerprint density at radius 1 is 0.737 bits per heavy atom. The topological polar surface area (TPSA) is 12.0 Å². The highest BCUT2D eigenvalue weighted by Gasteiger charge is 2.10. The fourth-order valence-corrected chi connectivity index (χ4v) is 3.26. The Balaban J connectivity index is 1.78. The lowest BCUT2D eigenvalue weighted by Crippen LogP contribution is -2.23. The molecule has 0 radical (unpaired) electrons. The van der Waals surface area contributed by atoms with Gasteiger partial charge in [-0.2, -0.15) is 0 Å². The van der Waals surface area contributed by atoms with Crippen molar-refractivity contribution in [1.82, 2.24) is 5.32 Å². The van der Waals surface area contributed by atoms with Crippen LogP contribution in [0.15, 0.2) is 0 Å². The molecular formula is C18H37N. The van der Waals surface area contributed by atoms with Crippen molar-refractivity contribution in [2.75, 3.05) is 13.1 Å². The molecule has 0 saturated heterocycles. The van der Waals surface area contributed by atoms with Crippen LogP contribution in [-0.2, 0) is 0 Å². The van der Waals surface area contributed by atoms with E-state index in [1.807, 2.05) is 0 Å². The molecule has 1 nitrogen and oxygen atoms in total. The van der Waals surface area contributed by atoms with Gasteiger partial charge in [-0.1, -0.05) is 77.6 Å². The summed E-state index contributed by atoms with van der Waals surface area (Å²) in [4.78, 5) is 0. The first-order valence-electron chi connectivity index (χ1n) is 9.14. The first-order chi connectivity index (χ1) is 9.43. The van der Waals surface area contributed by atoms with E-state index in [9.17, 15) is 0 Å². The molecule has 1 N–H and O–H groups in total. The van der Waals surface area contributed by atoms with Crippen LogP contribution in [0, 0.1) is 5.92 Å². The summed E-state index contributed by atoms with van der Waals surface area (Å²) in [6.07, 6.45) is 20.3. The van der Waals surface area contributed by atoms with Crippen molar-refractivity contribution in [3.05, 3.63) is 0 Å². The predicted molar refractivity (Wildman–Crippen MR) is 86.7 cm³/mol. The van der Waals surface area contributed by atoms with E-state index >= 15 is 0 Å². The van der Waals surface area contributed by atoms with Crippen LogP contribution in [0.5, 0.6) is 0 Å². The zero-order valence-electron chi connectivity index (χ0n) is 13.4. The second-order valence-electron chi connectivity index (χ2n) is 6.54. The SMILES string of the molecule is CCCCCCCCCCNCC1CCCCCC1. The van der Waals surface area contributed by atoms with Crippen LogP contribution in [0.25, 0.3) is 0 Å². The van der Waals surface area contributed by atoms with Gasteiger partial charge in [-0.15, -0.1) is 0 Å². The number of rotatable bonds is 11. The van der Waals surface area contributed by atoms with Gasteiger partial charge >= 0.3 is 0 Å². The molecule has 1 fully saturated rings. The molecular weight excluding hydrogens is 230 g/mol. The minimum absolute atomic E-state index is 0.983. The summed E-state index contributed by atoms with van der Waals surface area (Å²) in [5.41, 5.74) is 0. The summed E-state index contributed by atoms with van der Waals surface area (Å²) in [6, 6.07) is 0. The van der Waals surface area contributed by atoms with Gasteiger partial charge in [0.05, 0.1) is 0 Å². The molecule has 19 heavy (non-hydrogen) atoms. The first kappa shape index (κ1) is 17.0. The number of unbranched alkanes of at least 4 members (excludes halogenated alkanes) is 7. The largest absolute Gasteiger partial charge is 0.316 e. The third-order valence-corrected chi connectivity index (χ3v) is 4.61. The molecule has 0 amide bonds. The lowest BCUT2D eigenvalue weighted by Gasteiger charge is -2.14. The van der Waals surface area contributed by atoms with E-state index in [0.29, 0.717) is 0 Å². The van der Waals surface area contributed by atoms with E-state index in [4.69, 9.17) is 0 Å². The number of hydrogen-bond donors (Lipinski definition) is 1. The van der Waals surface area contributed by atoms with E-state index in [1.54, 1.807) is 0 Å². The fourth-order valence-electron chi connectivity index (χ4n) is 3.26. The lowest BCUT2D eigenvalue weighted by atomic mass is 10.0. The molecule has 1 heteroatoms. The minimum Gasteiger partial charge on any atom is -0.316 e. The van der Waals surface area contributed by atoms with Gasteiger partial charge in [0.15, 0.2) is 0 Å². The maximum atomic E-state index is 3.69. The van der Waals surface area contributed by atoms with Gasteiger partial charge in [0.2, 0.25) is 0 Å². The van der Waals surface area contributed by atoms with Gasteiger partial charge in [0, 0.05) is 0 Å². The normalized spacial score (nSPS) is 17.5. The third-order valence-electron chi connectivity index (χ3n) is 4.61. The summed E-state index contributed by atoms with van der Waals surface area (Å²) in [6.45, 7) is 4.84. The maximum Gasteiger partial charge on any atom is -0.00205 e. The Labute approximate surface area is 121 Å². The standard InChI is InChI=1S/C18H37N/c1-2-3-4-5-6-7-10-13-16-19-17-18-14-11-8-9-12-15-18/h18-19H,2-17H2,1H3. The molecule has 0 heterocycles. The molecule has 0 bridgehead atoms. The van der Waals surface area contributed by atoms with E-state index in [2.05, 4.69) is 12.2 Å². The van der Waals surface area contributed by atoms with E-state index in [0.717, 1.165) is 5.92 Å². The van der Waals surface area contributed by atoms with Crippen molar-refractivity contribution in [3.63, 3.8) is 0 Å². The highest BCUT2D eigenvalue weighted by molar-refractivity contribution is 4.66. The van der Waals surface area contributed by atoms with Crippen LogP contribution in [0.1, 0.15) is 96.8 Å². The molecule has 1 aliphatic carbocycles. The minimum atomic E-state index is 0.983. The Kier molecular flexibility index (Phi) is 11.6. The zero-order chi connectivity index (χ0) is 13.6. The van der Waals surface area contributed by atoms with E-state index in [1.165, 1.54) is 103 Å². The van der Waals surface area contributed by atoms with Crippen molar-refractivity contribution in [3.8, 4) is 0 Å². The summed E-state index contributed by atoms with van der Waals surface area (Å²) >= 11 is 0. The molecule has 1 saturated carbocycles. The highest BCUT2D eigenvalue weighted by atomic mass is 14.8. The van der Waals surface area contributed by atoms with E-state index in [-0.39, 0.29) is 0 Å². The number of hydrogen-bond acceptors (Lipinski definition) is 1. The van der Waals surface area contributed by atoms with Gasteiger partial charge in [-0.05, 0) is 38.3 Å². The van der Waals surface area contributed by atoms with Crippen molar-refractivity contribution in [2.24, 2.45) is 5.92 Å². The average molecular weight is 268 g/mol. The molecule has 0 aromatic rings. The first-order valence-corrected chi connectivity index (χ1v) is 9.14. The van der Waals surface area contributed by atoms with Crippen molar-refractivity contribution < 1.29 is 0 Å². The quantitative estimate of drug-likeness (QED) is 0.375. The molecule has 114 valence electrons. The van der Waals surface area contributed by atoms with E-state index < -0.39 is 0 Å². The average Bonchev–Trinajstić information content (AvgIpc) is 2.69. The van der Waals surface area contributed by atoms with Gasteiger partial charge < -0.3 is 5.32 Å². The summed E-state index contributed by atoms with van der Waals surface area (Å²) < 4.78 is 0. The highest BCUT2D eigenvalue weighted by Crippen LogP contribution is 2.22. The monoisotopic (exact) mass is 267 g/mol. The van der Waals surface area contributed by atoms with Gasteiger partial charge in [-0.25, -0.2) is 0 Å². The third kappa shape index (κ3) is 10.4.